The van der Waals surface area contributed by atoms with Crippen LogP contribution < -0.4 is 10.7 Å². The summed E-state index contributed by atoms with van der Waals surface area (Å²) in [7, 11) is 0. The fourth-order valence-electron chi connectivity index (χ4n) is 1.96. The molecule has 1 atom stereocenters. The van der Waals surface area contributed by atoms with Crippen molar-refractivity contribution in [1.82, 2.24) is 15.8 Å². The number of hydrazine groups is 1. The van der Waals surface area contributed by atoms with Gasteiger partial charge >= 0.3 is 0 Å². The number of thiocarbonyl (C=S) groups is 1. The number of rotatable bonds is 8. The topological polar surface area (TPSA) is 27.3 Å². The molecule has 0 amide bonds. The second-order valence-corrected chi connectivity index (χ2v) is 4.93. The Morgan fingerprint density at radius 1 is 1.41 bits per heavy atom. The van der Waals surface area contributed by atoms with Crippen LogP contribution in [0.4, 0.5) is 0 Å². The van der Waals surface area contributed by atoms with Gasteiger partial charge in [0.1, 0.15) is 0 Å². The highest BCUT2D eigenvalue weighted by atomic mass is 32.1. The first-order chi connectivity index (χ1) is 8.27. The molecule has 0 aromatic carbocycles. The normalized spacial score (nSPS) is 17.1. The lowest BCUT2D eigenvalue weighted by molar-refractivity contribution is 0.257. The molecule has 0 saturated heterocycles. The van der Waals surface area contributed by atoms with Gasteiger partial charge in [-0.1, -0.05) is 39.5 Å². The Bertz CT molecular complexity index is 253. The Labute approximate surface area is 111 Å². The van der Waals surface area contributed by atoms with Gasteiger partial charge in [-0.25, -0.2) is 5.43 Å². The highest BCUT2D eigenvalue weighted by Gasteiger charge is 2.14. The number of nitrogens with one attached hydrogen (secondary N) is 2. The van der Waals surface area contributed by atoms with Gasteiger partial charge in [-0.15, -0.1) is 0 Å². The third kappa shape index (κ3) is 5.50. The van der Waals surface area contributed by atoms with Gasteiger partial charge in [-0.2, -0.15) is 0 Å². The molecule has 2 N–H and O–H groups in total. The first-order valence-corrected chi connectivity index (χ1v) is 7.18. The van der Waals surface area contributed by atoms with Gasteiger partial charge in [-0.05, 0) is 31.1 Å². The summed E-state index contributed by atoms with van der Waals surface area (Å²) in [5.74, 6) is 0. The van der Waals surface area contributed by atoms with Crippen molar-refractivity contribution in [3.63, 3.8) is 0 Å². The molecule has 3 nitrogen and oxygen atoms in total. The predicted octanol–water partition coefficient (Wildman–Crippen LogP) is 2.94. The minimum Gasteiger partial charge on any atom is -0.338 e. The van der Waals surface area contributed by atoms with Crippen molar-refractivity contribution in [3.05, 3.63) is 12.3 Å². The van der Waals surface area contributed by atoms with E-state index in [0.717, 1.165) is 18.1 Å². The van der Waals surface area contributed by atoms with E-state index >= 15 is 0 Å². The van der Waals surface area contributed by atoms with E-state index in [-0.39, 0.29) is 0 Å². The number of hydrogen-bond donors (Lipinski definition) is 2. The second kappa shape index (κ2) is 8.48. The van der Waals surface area contributed by atoms with Crippen molar-refractivity contribution in [1.29, 1.82) is 0 Å². The second-order valence-electron chi connectivity index (χ2n) is 4.55. The summed E-state index contributed by atoms with van der Waals surface area (Å²) in [6.45, 7) is 5.34. The SMILES string of the molecule is CCCCCCC(CC)NN1CC=CNC1=S. The van der Waals surface area contributed by atoms with E-state index < -0.39 is 0 Å². The zero-order valence-electron chi connectivity index (χ0n) is 11.0. The maximum Gasteiger partial charge on any atom is 0.187 e. The summed E-state index contributed by atoms with van der Waals surface area (Å²) in [5, 5.41) is 5.86. The summed E-state index contributed by atoms with van der Waals surface area (Å²) in [4.78, 5) is 0. The maximum absolute atomic E-state index is 5.25. The Balaban J connectivity index is 2.25. The molecule has 1 rings (SSSR count). The first-order valence-electron chi connectivity index (χ1n) is 6.77. The summed E-state index contributed by atoms with van der Waals surface area (Å²) in [5.41, 5.74) is 3.51. The van der Waals surface area contributed by atoms with Gasteiger partial charge in [0, 0.05) is 12.2 Å². The van der Waals surface area contributed by atoms with Gasteiger partial charge in [0.2, 0.25) is 0 Å². The standard InChI is InChI=1S/C13H25N3S/c1-3-5-6-7-9-12(4-2)15-16-11-8-10-14-13(16)17/h8,10,12,15H,3-7,9,11H2,1-2H3,(H,14,17). The summed E-state index contributed by atoms with van der Waals surface area (Å²) in [6, 6.07) is 0.540. The summed E-state index contributed by atoms with van der Waals surface area (Å²) in [6.07, 6.45) is 11.7. The molecule has 0 bridgehead atoms. The molecule has 4 heteroatoms. The molecular weight excluding hydrogens is 230 g/mol. The van der Waals surface area contributed by atoms with Gasteiger partial charge in [0.15, 0.2) is 5.11 Å². The zero-order chi connectivity index (χ0) is 12.5. The lowest BCUT2D eigenvalue weighted by Crippen LogP contribution is -2.52. The van der Waals surface area contributed by atoms with Crippen LogP contribution in [0.25, 0.3) is 0 Å². The lowest BCUT2D eigenvalue weighted by Gasteiger charge is -2.31. The van der Waals surface area contributed by atoms with Gasteiger partial charge in [0.05, 0.1) is 6.54 Å². The van der Waals surface area contributed by atoms with Gasteiger partial charge in [0.25, 0.3) is 0 Å². The average molecular weight is 255 g/mol. The highest BCUT2D eigenvalue weighted by molar-refractivity contribution is 7.80. The van der Waals surface area contributed by atoms with Crippen molar-refractivity contribution in [2.24, 2.45) is 0 Å². The van der Waals surface area contributed by atoms with Crippen LogP contribution in [0.2, 0.25) is 0 Å². The molecule has 98 valence electrons. The third-order valence-electron chi connectivity index (χ3n) is 3.10. The molecular formula is C13H25N3S. The smallest absolute Gasteiger partial charge is 0.187 e. The van der Waals surface area contributed by atoms with E-state index in [2.05, 4.69) is 30.7 Å². The fourth-order valence-corrected chi connectivity index (χ4v) is 2.15. The van der Waals surface area contributed by atoms with Gasteiger partial charge in [-0.3, -0.25) is 5.01 Å². The molecule has 1 heterocycles. The minimum absolute atomic E-state index is 0.540. The molecule has 0 radical (unpaired) electrons. The molecule has 0 aromatic rings. The van der Waals surface area contributed by atoms with E-state index in [1.807, 2.05) is 11.2 Å². The Morgan fingerprint density at radius 2 is 2.24 bits per heavy atom. The van der Waals surface area contributed by atoms with Crippen LogP contribution >= 0.6 is 12.2 Å². The quantitative estimate of drug-likeness (QED) is 0.515. The van der Waals surface area contributed by atoms with E-state index in [0.29, 0.717) is 6.04 Å². The van der Waals surface area contributed by atoms with Crippen molar-refractivity contribution in [3.8, 4) is 0 Å². The van der Waals surface area contributed by atoms with E-state index in [9.17, 15) is 0 Å². The molecule has 0 aromatic heterocycles. The van der Waals surface area contributed by atoms with Crippen molar-refractivity contribution < 1.29 is 0 Å². The number of hydrogen-bond acceptors (Lipinski definition) is 2. The summed E-state index contributed by atoms with van der Waals surface area (Å²) < 4.78 is 0. The molecule has 1 aliphatic heterocycles. The first kappa shape index (κ1) is 14.5. The van der Waals surface area contributed by atoms with Crippen molar-refractivity contribution in [2.45, 2.75) is 58.4 Å². The molecule has 0 aliphatic carbocycles. The molecule has 17 heavy (non-hydrogen) atoms. The van der Waals surface area contributed by atoms with E-state index in [4.69, 9.17) is 12.2 Å². The Hall–Kier alpha value is -0.610. The Kier molecular flexibility index (Phi) is 7.21. The summed E-state index contributed by atoms with van der Waals surface area (Å²) >= 11 is 5.25. The average Bonchev–Trinajstić information content (AvgIpc) is 2.35. The van der Waals surface area contributed by atoms with Crippen molar-refractivity contribution >= 4 is 17.3 Å². The van der Waals surface area contributed by atoms with Crippen LogP contribution in [-0.4, -0.2) is 22.7 Å². The fraction of sp³-hybridized carbons (Fsp3) is 0.769. The van der Waals surface area contributed by atoms with Crippen LogP contribution in [0.3, 0.4) is 0 Å². The monoisotopic (exact) mass is 255 g/mol. The van der Waals surface area contributed by atoms with Crippen LogP contribution in [0.5, 0.6) is 0 Å². The largest absolute Gasteiger partial charge is 0.338 e. The molecule has 1 unspecified atom stereocenters. The van der Waals surface area contributed by atoms with Crippen molar-refractivity contribution in [2.75, 3.05) is 6.54 Å². The number of nitrogens with zero attached hydrogens (tertiary/aromatic N) is 1. The van der Waals surface area contributed by atoms with Crippen LogP contribution in [0.15, 0.2) is 12.3 Å². The van der Waals surface area contributed by atoms with Crippen LogP contribution in [0, 0.1) is 0 Å². The maximum atomic E-state index is 5.25. The van der Waals surface area contributed by atoms with Gasteiger partial charge < -0.3 is 5.32 Å². The predicted molar refractivity (Wildman–Crippen MR) is 77.6 cm³/mol. The van der Waals surface area contributed by atoms with E-state index in [1.165, 1.54) is 32.1 Å². The molecule has 0 spiro atoms. The van der Waals surface area contributed by atoms with Crippen LogP contribution in [-0.2, 0) is 0 Å². The van der Waals surface area contributed by atoms with Crippen LogP contribution in [0.1, 0.15) is 52.4 Å². The van der Waals surface area contributed by atoms with E-state index in [1.54, 1.807) is 0 Å². The third-order valence-corrected chi connectivity index (χ3v) is 3.43. The lowest BCUT2D eigenvalue weighted by atomic mass is 10.1. The minimum atomic E-state index is 0.540. The molecule has 0 saturated carbocycles. The Morgan fingerprint density at radius 3 is 2.88 bits per heavy atom. The molecule has 1 aliphatic rings. The highest BCUT2D eigenvalue weighted by Crippen LogP contribution is 2.09. The number of unbranched alkanes of at least 4 members (excludes halogenated alkanes) is 3. The molecule has 0 fully saturated rings. The zero-order valence-corrected chi connectivity index (χ0v) is 11.9.